The third-order valence-electron chi connectivity index (χ3n) is 16.0. The van der Waals surface area contributed by atoms with E-state index in [4.69, 9.17) is 0 Å². The van der Waals surface area contributed by atoms with Crippen LogP contribution in [-0.2, 0) is 5.41 Å². The highest BCUT2D eigenvalue weighted by atomic mass is 15.1. The Balaban J connectivity index is 1.02. The zero-order valence-electron chi connectivity index (χ0n) is 45.5. The number of allylic oxidation sites excluding steroid dienone is 4. The second kappa shape index (κ2) is 22.2. The number of benzene rings is 11. The van der Waals surface area contributed by atoms with Crippen molar-refractivity contribution in [1.29, 1.82) is 0 Å². The zero-order valence-corrected chi connectivity index (χ0v) is 45.5. The molecule has 0 radical (unpaired) electrons. The topological polar surface area (TPSA) is 6.48 Å². The molecular weight excluding hydrogens is 953 g/mol. The third kappa shape index (κ3) is 9.95. The van der Waals surface area contributed by atoms with Crippen LogP contribution in [0.1, 0.15) is 51.8 Å². The summed E-state index contributed by atoms with van der Waals surface area (Å²) in [7, 11) is 0. The highest BCUT2D eigenvalue weighted by Gasteiger charge is 2.40. The van der Waals surface area contributed by atoms with E-state index in [0.29, 0.717) is 0 Å². The van der Waals surface area contributed by atoms with E-state index >= 15 is 0 Å². The number of rotatable bonds is 14. The zero-order chi connectivity index (χ0) is 53.7. The molecule has 0 atom stereocenters. The summed E-state index contributed by atoms with van der Waals surface area (Å²) >= 11 is 0. The maximum atomic E-state index is 2.47. The number of hydrogen-bond donors (Lipinski definition) is 0. The number of nitrogens with zero attached hydrogens (tertiary/aromatic N) is 2. The SMILES string of the molecule is Cc1ccc(N(c2ccc(C(C3=CCCC=C3)(c3ccccc3)c3ccc(N(c4ccc(C)c(-c5ccccc5)c4)c4ccc(C)c(-c5ccccc5)c4)cc3)cc2)c2ccc(C)c(-c3ccccc3)c2)cc1-c1ccccc1. The highest BCUT2D eigenvalue weighted by molar-refractivity contribution is 5.86. The van der Waals surface area contributed by atoms with Crippen LogP contribution in [0.3, 0.4) is 0 Å². The van der Waals surface area contributed by atoms with E-state index in [1.807, 2.05) is 0 Å². The molecule has 0 fully saturated rings. The molecule has 11 aromatic carbocycles. The van der Waals surface area contributed by atoms with E-state index < -0.39 is 5.41 Å². The molecular formula is C77H64N2. The first kappa shape index (κ1) is 50.3. The summed E-state index contributed by atoms with van der Waals surface area (Å²) in [5.74, 6) is 0. The average Bonchev–Trinajstić information content (AvgIpc) is 3.64. The number of hydrogen-bond acceptors (Lipinski definition) is 2. The van der Waals surface area contributed by atoms with Gasteiger partial charge in [-0.3, -0.25) is 0 Å². The molecule has 1 aliphatic carbocycles. The molecule has 0 heterocycles. The van der Waals surface area contributed by atoms with Crippen molar-refractivity contribution in [3.63, 3.8) is 0 Å². The van der Waals surface area contributed by atoms with Crippen LogP contribution in [-0.4, -0.2) is 0 Å². The van der Waals surface area contributed by atoms with Gasteiger partial charge in [-0.15, -0.1) is 0 Å². The van der Waals surface area contributed by atoms with Gasteiger partial charge < -0.3 is 9.80 Å². The van der Waals surface area contributed by atoms with Gasteiger partial charge in [0.15, 0.2) is 0 Å². The van der Waals surface area contributed by atoms with Gasteiger partial charge >= 0.3 is 0 Å². The van der Waals surface area contributed by atoms with Crippen LogP contribution >= 0.6 is 0 Å². The molecule has 0 unspecified atom stereocenters. The Morgan fingerprint density at radius 1 is 0.278 bits per heavy atom. The monoisotopic (exact) mass is 1020 g/mol. The minimum atomic E-state index is -0.645. The Morgan fingerprint density at radius 2 is 0.557 bits per heavy atom. The van der Waals surface area contributed by atoms with E-state index in [1.165, 1.54) is 89.0 Å². The summed E-state index contributed by atoms with van der Waals surface area (Å²) in [6, 6.07) is 101. The Morgan fingerprint density at radius 3 is 0.848 bits per heavy atom. The van der Waals surface area contributed by atoms with Gasteiger partial charge in [0.2, 0.25) is 0 Å². The predicted octanol–water partition coefficient (Wildman–Crippen LogP) is 21.1. The highest BCUT2D eigenvalue weighted by Crippen LogP contribution is 2.50. The molecule has 2 nitrogen and oxygen atoms in total. The molecule has 0 bridgehead atoms. The lowest BCUT2D eigenvalue weighted by Gasteiger charge is -2.39. The molecule has 2 heteroatoms. The lowest BCUT2D eigenvalue weighted by Crippen LogP contribution is -2.32. The lowest BCUT2D eigenvalue weighted by molar-refractivity contribution is 0.730. The van der Waals surface area contributed by atoms with Gasteiger partial charge in [0, 0.05) is 34.1 Å². The molecule has 0 saturated carbocycles. The van der Waals surface area contributed by atoms with Crippen LogP contribution in [0.25, 0.3) is 44.5 Å². The first-order valence-electron chi connectivity index (χ1n) is 27.7. The Kier molecular flexibility index (Phi) is 14.2. The molecule has 1 aliphatic rings. The van der Waals surface area contributed by atoms with Gasteiger partial charge in [0.25, 0.3) is 0 Å². The minimum absolute atomic E-state index is 0.645. The van der Waals surface area contributed by atoms with E-state index in [9.17, 15) is 0 Å². The summed E-state index contributed by atoms with van der Waals surface area (Å²) in [5.41, 5.74) is 25.4. The van der Waals surface area contributed by atoms with Crippen molar-refractivity contribution in [2.75, 3.05) is 9.80 Å². The molecule has 382 valence electrons. The normalized spacial score (nSPS) is 12.2. The molecule has 0 N–H and O–H groups in total. The maximum absolute atomic E-state index is 2.47. The lowest BCUT2D eigenvalue weighted by atomic mass is 9.63. The summed E-state index contributed by atoms with van der Waals surface area (Å²) < 4.78 is 0. The van der Waals surface area contributed by atoms with Crippen LogP contribution in [0.4, 0.5) is 34.1 Å². The van der Waals surface area contributed by atoms with Crippen molar-refractivity contribution in [1.82, 2.24) is 0 Å². The fourth-order valence-electron chi connectivity index (χ4n) is 11.9. The summed E-state index contributed by atoms with van der Waals surface area (Å²) in [5, 5.41) is 0. The Labute approximate surface area is 467 Å². The second-order valence-electron chi connectivity index (χ2n) is 21.0. The first-order valence-corrected chi connectivity index (χ1v) is 27.7. The molecule has 0 spiro atoms. The standard InChI is InChI=1S/C77H64N2/c1-55-35-43-69(51-73(55)59-23-11-5-12-24-59)78(70-44-36-56(2)74(52-70)60-25-13-6-14-26-60)67-47-39-65(40-48-67)77(63-31-19-9-20-32-63,64-33-21-10-22-34-64)66-41-49-68(50-42-66)79(71-45-37-57(3)75(53-71)61-27-15-7-16-28-61)72-46-38-58(4)76(54-72)62-29-17-8-18-30-62/h5-9,11-21,23-54H,10,22H2,1-4H3. The first-order chi connectivity index (χ1) is 38.8. The summed E-state index contributed by atoms with van der Waals surface area (Å²) in [6.07, 6.45) is 9.19. The van der Waals surface area contributed by atoms with Crippen molar-refractivity contribution in [3.05, 3.63) is 336 Å². The van der Waals surface area contributed by atoms with Gasteiger partial charge in [0.05, 0.1) is 5.41 Å². The van der Waals surface area contributed by atoms with Gasteiger partial charge in [-0.2, -0.15) is 0 Å². The van der Waals surface area contributed by atoms with Gasteiger partial charge in [-0.05, 0) is 202 Å². The summed E-state index contributed by atoms with van der Waals surface area (Å²) in [4.78, 5) is 4.86. The quantitative estimate of drug-likeness (QED) is 0.100. The summed E-state index contributed by atoms with van der Waals surface area (Å²) in [6.45, 7) is 8.84. The van der Waals surface area contributed by atoms with Gasteiger partial charge in [-0.25, -0.2) is 0 Å². The van der Waals surface area contributed by atoms with Crippen LogP contribution in [0.15, 0.2) is 297 Å². The Bertz CT molecular complexity index is 3550. The van der Waals surface area contributed by atoms with Crippen molar-refractivity contribution in [2.45, 2.75) is 46.0 Å². The van der Waals surface area contributed by atoms with E-state index in [-0.39, 0.29) is 0 Å². The molecule has 0 aromatic heterocycles. The van der Waals surface area contributed by atoms with Crippen LogP contribution in [0.2, 0.25) is 0 Å². The number of aryl methyl sites for hydroxylation is 4. The molecule has 0 amide bonds. The van der Waals surface area contributed by atoms with E-state index in [1.54, 1.807) is 0 Å². The molecule has 12 rings (SSSR count). The van der Waals surface area contributed by atoms with Crippen LogP contribution in [0.5, 0.6) is 0 Å². The van der Waals surface area contributed by atoms with Gasteiger partial charge in [-0.1, -0.05) is 218 Å². The average molecular weight is 1020 g/mol. The second-order valence-corrected chi connectivity index (χ2v) is 21.0. The van der Waals surface area contributed by atoms with E-state index in [0.717, 1.165) is 47.0 Å². The third-order valence-corrected chi connectivity index (χ3v) is 16.0. The fourth-order valence-corrected chi connectivity index (χ4v) is 11.9. The van der Waals surface area contributed by atoms with Gasteiger partial charge in [0.1, 0.15) is 0 Å². The number of anilines is 6. The van der Waals surface area contributed by atoms with Crippen molar-refractivity contribution < 1.29 is 0 Å². The minimum Gasteiger partial charge on any atom is -0.310 e. The van der Waals surface area contributed by atoms with Crippen LogP contribution in [0, 0.1) is 27.7 Å². The smallest absolute Gasteiger partial charge is 0.0698 e. The molecule has 79 heavy (non-hydrogen) atoms. The van der Waals surface area contributed by atoms with Crippen molar-refractivity contribution in [2.24, 2.45) is 0 Å². The predicted molar refractivity (Wildman–Crippen MR) is 336 cm³/mol. The maximum Gasteiger partial charge on any atom is 0.0698 e. The van der Waals surface area contributed by atoms with Crippen molar-refractivity contribution >= 4 is 34.1 Å². The van der Waals surface area contributed by atoms with Crippen LogP contribution < -0.4 is 9.80 Å². The molecule has 11 aromatic rings. The molecule has 0 saturated heterocycles. The van der Waals surface area contributed by atoms with E-state index in [2.05, 4.69) is 329 Å². The molecule has 0 aliphatic heterocycles. The fraction of sp³-hybridized carbons (Fsp3) is 0.0909. The largest absolute Gasteiger partial charge is 0.310 e. The van der Waals surface area contributed by atoms with Crippen molar-refractivity contribution in [3.8, 4) is 44.5 Å². The Hall–Kier alpha value is -9.50.